The molecule has 0 aliphatic rings. The molecule has 2 heterocycles. The molecule has 4 nitrogen and oxygen atoms in total. The van der Waals surface area contributed by atoms with Gasteiger partial charge in [0.2, 0.25) is 0 Å². The van der Waals surface area contributed by atoms with Gasteiger partial charge in [0.05, 0.1) is 16.6 Å². The zero-order valence-corrected chi connectivity index (χ0v) is 25.4. The summed E-state index contributed by atoms with van der Waals surface area (Å²) in [4.78, 5) is 14.6. The molecular formula is C35H33BrN4. The molecule has 0 bridgehead atoms. The minimum Gasteiger partial charge on any atom is -0.292 e. The number of hydrogen-bond donors (Lipinski definition) is 0. The third kappa shape index (κ3) is 4.73. The second-order valence-corrected chi connectivity index (χ2v) is 13.3. The van der Waals surface area contributed by atoms with E-state index in [2.05, 4.69) is 140 Å². The van der Waals surface area contributed by atoms with E-state index in [0.717, 1.165) is 54.7 Å². The molecule has 0 N–H and O–H groups in total. The Labute approximate surface area is 244 Å². The van der Waals surface area contributed by atoms with Crippen LogP contribution in [0, 0.1) is 0 Å². The predicted octanol–water partition coefficient (Wildman–Crippen LogP) is 9.66. The van der Waals surface area contributed by atoms with Crippen LogP contribution in [-0.2, 0) is 10.8 Å². The Morgan fingerprint density at radius 2 is 1.32 bits per heavy atom. The monoisotopic (exact) mass is 588 g/mol. The highest BCUT2D eigenvalue weighted by Crippen LogP contribution is 2.37. The van der Waals surface area contributed by atoms with Crippen molar-refractivity contribution in [3.8, 4) is 28.2 Å². The van der Waals surface area contributed by atoms with Gasteiger partial charge in [-0.05, 0) is 85.9 Å². The van der Waals surface area contributed by atoms with Gasteiger partial charge in [-0.3, -0.25) is 14.5 Å². The summed E-state index contributed by atoms with van der Waals surface area (Å²) in [5.41, 5.74) is 10.7. The SMILES string of the molecule is CC(C)(C)c1ccc(-n2c(-c3cccc(-c4cc(C(C)(C)C)cc5nccnc45)c3)nc3c(Br)cccc32)cc1. The molecular weight excluding hydrogens is 556 g/mol. The summed E-state index contributed by atoms with van der Waals surface area (Å²) in [5.74, 6) is 0.898. The van der Waals surface area contributed by atoms with Gasteiger partial charge in [-0.1, -0.05) is 77.9 Å². The Morgan fingerprint density at radius 1 is 0.650 bits per heavy atom. The number of para-hydroxylation sites is 1. The van der Waals surface area contributed by atoms with Gasteiger partial charge in [-0.2, -0.15) is 0 Å². The van der Waals surface area contributed by atoms with E-state index in [0.29, 0.717) is 0 Å². The van der Waals surface area contributed by atoms with Gasteiger partial charge in [-0.15, -0.1) is 0 Å². The van der Waals surface area contributed by atoms with Crippen molar-refractivity contribution in [2.75, 3.05) is 0 Å². The Bertz CT molecular complexity index is 1870. The predicted molar refractivity (Wildman–Crippen MR) is 170 cm³/mol. The highest BCUT2D eigenvalue weighted by atomic mass is 79.9. The van der Waals surface area contributed by atoms with Gasteiger partial charge in [0.1, 0.15) is 11.3 Å². The molecule has 0 radical (unpaired) electrons. The summed E-state index contributed by atoms with van der Waals surface area (Å²) >= 11 is 3.74. The first-order valence-electron chi connectivity index (χ1n) is 13.6. The molecule has 0 aliphatic heterocycles. The fraction of sp³-hybridized carbons (Fsp3) is 0.229. The average Bonchev–Trinajstić information content (AvgIpc) is 3.33. The van der Waals surface area contributed by atoms with Crippen LogP contribution in [0.2, 0.25) is 0 Å². The number of halogens is 1. The molecule has 200 valence electrons. The van der Waals surface area contributed by atoms with E-state index < -0.39 is 0 Å². The molecule has 40 heavy (non-hydrogen) atoms. The second-order valence-electron chi connectivity index (χ2n) is 12.5. The third-order valence-corrected chi connectivity index (χ3v) is 8.14. The van der Waals surface area contributed by atoms with Gasteiger partial charge in [0, 0.05) is 33.7 Å². The lowest BCUT2D eigenvalue weighted by molar-refractivity contribution is 0.590. The Hall–Kier alpha value is -3.83. The van der Waals surface area contributed by atoms with Crippen LogP contribution in [0.4, 0.5) is 0 Å². The van der Waals surface area contributed by atoms with Crippen molar-refractivity contribution in [3.63, 3.8) is 0 Å². The van der Waals surface area contributed by atoms with Crippen LogP contribution in [0.15, 0.2) is 95.7 Å². The molecule has 0 unspecified atom stereocenters. The molecule has 0 saturated heterocycles. The number of aromatic nitrogens is 4. The number of hydrogen-bond acceptors (Lipinski definition) is 3. The summed E-state index contributed by atoms with van der Waals surface area (Å²) in [5, 5.41) is 0. The first-order valence-corrected chi connectivity index (χ1v) is 14.4. The van der Waals surface area contributed by atoms with Gasteiger partial charge in [0.15, 0.2) is 0 Å². The Balaban J connectivity index is 1.57. The molecule has 0 amide bonds. The minimum atomic E-state index is -0.0163. The van der Waals surface area contributed by atoms with Crippen molar-refractivity contribution in [2.45, 2.75) is 52.4 Å². The first-order chi connectivity index (χ1) is 19.0. The van der Waals surface area contributed by atoms with E-state index in [1.165, 1.54) is 11.1 Å². The Kier molecular flexibility index (Phi) is 6.38. The van der Waals surface area contributed by atoms with E-state index in [-0.39, 0.29) is 10.8 Å². The molecule has 4 aromatic carbocycles. The van der Waals surface area contributed by atoms with Crippen molar-refractivity contribution >= 4 is 38.0 Å². The molecule has 0 fully saturated rings. The van der Waals surface area contributed by atoms with Crippen LogP contribution in [0.5, 0.6) is 0 Å². The largest absolute Gasteiger partial charge is 0.292 e. The summed E-state index contributed by atoms with van der Waals surface area (Å²) in [6.07, 6.45) is 3.53. The standard InChI is InChI=1S/C35H33BrN4/c1-34(2,3)24-13-15-26(16-14-24)40-30-12-8-11-28(36)32(30)39-33(40)23-10-7-9-22(19-23)27-20-25(35(4,5)6)21-29-31(27)38-18-17-37-29/h7-21H,1-6H3. The number of benzene rings is 4. The summed E-state index contributed by atoms with van der Waals surface area (Å²) in [6, 6.07) is 28.1. The second kappa shape index (κ2) is 9.67. The summed E-state index contributed by atoms with van der Waals surface area (Å²) in [6.45, 7) is 13.4. The molecule has 0 atom stereocenters. The highest BCUT2D eigenvalue weighted by Gasteiger charge is 2.21. The summed E-state index contributed by atoms with van der Waals surface area (Å²) < 4.78 is 3.24. The fourth-order valence-corrected chi connectivity index (χ4v) is 5.63. The molecule has 6 aromatic rings. The molecule has 0 saturated carbocycles. The van der Waals surface area contributed by atoms with E-state index in [1.54, 1.807) is 12.4 Å². The molecule has 0 spiro atoms. The van der Waals surface area contributed by atoms with E-state index in [9.17, 15) is 0 Å². The number of imidazole rings is 1. The van der Waals surface area contributed by atoms with Gasteiger partial charge in [-0.25, -0.2) is 4.98 Å². The highest BCUT2D eigenvalue weighted by molar-refractivity contribution is 9.10. The van der Waals surface area contributed by atoms with Crippen LogP contribution >= 0.6 is 15.9 Å². The first kappa shape index (κ1) is 26.4. The maximum absolute atomic E-state index is 5.17. The lowest BCUT2D eigenvalue weighted by Crippen LogP contribution is -2.11. The van der Waals surface area contributed by atoms with Gasteiger partial charge >= 0.3 is 0 Å². The lowest BCUT2D eigenvalue weighted by Gasteiger charge is -2.21. The molecule has 5 heteroatoms. The fourth-order valence-electron chi connectivity index (χ4n) is 5.18. The zero-order valence-electron chi connectivity index (χ0n) is 23.8. The normalized spacial score (nSPS) is 12.4. The lowest BCUT2D eigenvalue weighted by atomic mass is 9.84. The number of fused-ring (bicyclic) bond motifs is 2. The van der Waals surface area contributed by atoms with Crippen molar-refractivity contribution in [2.24, 2.45) is 0 Å². The maximum atomic E-state index is 5.17. The minimum absolute atomic E-state index is 0.0163. The van der Waals surface area contributed by atoms with Crippen LogP contribution in [0.25, 0.3) is 50.3 Å². The maximum Gasteiger partial charge on any atom is 0.145 e. The van der Waals surface area contributed by atoms with Crippen molar-refractivity contribution in [1.82, 2.24) is 19.5 Å². The molecule has 6 rings (SSSR count). The van der Waals surface area contributed by atoms with E-state index in [4.69, 9.17) is 9.97 Å². The topological polar surface area (TPSA) is 43.6 Å². The van der Waals surface area contributed by atoms with Crippen molar-refractivity contribution in [1.29, 1.82) is 0 Å². The van der Waals surface area contributed by atoms with Crippen LogP contribution < -0.4 is 0 Å². The number of nitrogens with zero attached hydrogens (tertiary/aromatic N) is 4. The smallest absolute Gasteiger partial charge is 0.145 e. The summed E-state index contributed by atoms with van der Waals surface area (Å²) in [7, 11) is 0. The Morgan fingerprint density at radius 3 is 2.05 bits per heavy atom. The molecule has 2 aromatic heterocycles. The number of rotatable bonds is 3. The van der Waals surface area contributed by atoms with Crippen molar-refractivity contribution < 1.29 is 0 Å². The van der Waals surface area contributed by atoms with E-state index in [1.807, 2.05) is 6.07 Å². The van der Waals surface area contributed by atoms with Crippen LogP contribution in [0.3, 0.4) is 0 Å². The van der Waals surface area contributed by atoms with Crippen molar-refractivity contribution in [3.05, 3.63) is 107 Å². The van der Waals surface area contributed by atoms with E-state index >= 15 is 0 Å². The zero-order chi connectivity index (χ0) is 28.2. The van der Waals surface area contributed by atoms with Gasteiger partial charge < -0.3 is 0 Å². The third-order valence-electron chi connectivity index (χ3n) is 7.50. The average molecular weight is 590 g/mol. The molecule has 0 aliphatic carbocycles. The van der Waals surface area contributed by atoms with Crippen LogP contribution in [0.1, 0.15) is 52.7 Å². The van der Waals surface area contributed by atoms with Crippen LogP contribution in [-0.4, -0.2) is 19.5 Å². The quantitative estimate of drug-likeness (QED) is 0.206. The van der Waals surface area contributed by atoms with Gasteiger partial charge in [0.25, 0.3) is 0 Å².